The number of amides is 1. The van der Waals surface area contributed by atoms with Crippen LogP contribution in [0.4, 0.5) is 14.9 Å². The molecule has 1 fully saturated rings. The van der Waals surface area contributed by atoms with E-state index >= 15 is 0 Å². The van der Waals surface area contributed by atoms with Crippen LogP contribution in [0.2, 0.25) is 5.02 Å². The molecule has 1 aliphatic rings. The summed E-state index contributed by atoms with van der Waals surface area (Å²) in [5, 5.41) is 12.9. The Hall–Kier alpha value is -3.13. The zero-order valence-corrected chi connectivity index (χ0v) is 26.0. The van der Waals surface area contributed by atoms with E-state index < -0.39 is 5.82 Å². The van der Waals surface area contributed by atoms with E-state index in [-0.39, 0.29) is 23.0 Å². The topological polar surface area (TPSA) is 65.0 Å². The summed E-state index contributed by atoms with van der Waals surface area (Å²) in [6, 6.07) is 20.4. The Morgan fingerprint density at radius 1 is 0.977 bits per heavy atom. The third kappa shape index (κ3) is 10.8. The fourth-order valence-electron chi connectivity index (χ4n) is 5.68. The van der Waals surface area contributed by atoms with Gasteiger partial charge in [-0.1, -0.05) is 92.2 Å². The fourth-order valence-corrected chi connectivity index (χ4v) is 5.84. The number of phenols is 1. The minimum atomic E-state index is -0.497. The van der Waals surface area contributed by atoms with Crippen LogP contribution in [0.1, 0.15) is 63.4 Å². The van der Waals surface area contributed by atoms with Crippen molar-refractivity contribution in [1.82, 2.24) is 9.80 Å². The van der Waals surface area contributed by atoms with Gasteiger partial charge in [-0.3, -0.25) is 5.32 Å². The number of hydrogen-bond donors (Lipinski definition) is 2. The molecule has 1 heterocycles. The molecule has 232 valence electrons. The van der Waals surface area contributed by atoms with Crippen molar-refractivity contribution >= 4 is 23.4 Å². The van der Waals surface area contributed by atoms with Crippen LogP contribution in [0.3, 0.4) is 0 Å². The van der Waals surface area contributed by atoms with Crippen LogP contribution in [0, 0.1) is 5.82 Å². The molecular formula is C35H45ClFN3O3. The monoisotopic (exact) mass is 609 g/mol. The summed E-state index contributed by atoms with van der Waals surface area (Å²) >= 11 is 5.72. The number of aromatic hydroxyl groups is 1. The van der Waals surface area contributed by atoms with Crippen molar-refractivity contribution in [3.05, 3.63) is 83.1 Å². The highest BCUT2D eigenvalue weighted by atomic mass is 35.5. The van der Waals surface area contributed by atoms with Gasteiger partial charge in [0, 0.05) is 36.8 Å². The Balaban J connectivity index is 1.01. The average molecular weight is 610 g/mol. The van der Waals surface area contributed by atoms with E-state index in [1.54, 1.807) is 0 Å². The largest absolute Gasteiger partial charge is 0.508 e. The van der Waals surface area contributed by atoms with Gasteiger partial charge in [-0.05, 0) is 63.5 Å². The first kappa shape index (κ1) is 32.8. The van der Waals surface area contributed by atoms with Crippen LogP contribution in [-0.4, -0.2) is 60.3 Å². The number of likely N-dealkylation sites (tertiary alicyclic amines) is 1. The second-order valence-electron chi connectivity index (χ2n) is 11.6. The predicted molar refractivity (Wildman–Crippen MR) is 173 cm³/mol. The lowest BCUT2D eigenvalue weighted by molar-refractivity contribution is 0.0584. The van der Waals surface area contributed by atoms with E-state index in [0.29, 0.717) is 12.1 Å². The lowest BCUT2D eigenvalue weighted by Crippen LogP contribution is -2.38. The van der Waals surface area contributed by atoms with Gasteiger partial charge in [-0.2, -0.15) is 0 Å². The molecule has 1 amide bonds. The van der Waals surface area contributed by atoms with E-state index in [0.717, 1.165) is 62.3 Å². The number of nitrogens with zero attached hydrogens (tertiary/aromatic N) is 2. The number of unbranched alkanes of at least 4 members (excludes halogenated alkanes) is 6. The van der Waals surface area contributed by atoms with Crippen LogP contribution < -0.4 is 5.32 Å². The van der Waals surface area contributed by atoms with Crippen molar-refractivity contribution in [3.63, 3.8) is 0 Å². The van der Waals surface area contributed by atoms with E-state index in [4.69, 9.17) is 16.3 Å². The molecule has 43 heavy (non-hydrogen) atoms. The Labute approximate surface area is 260 Å². The average Bonchev–Trinajstić information content (AvgIpc) is 3.00. The van der Waals surface area contributed by atoms with Crippen molar-refractivity contribution in [1.29, 1.82) is 0 Å². The molecule has 0 radical (unpaired) electrons. The third-order valence-electron chi connectivity index (χ3n) is 8.13. The maximum Gasteiger partial charge on any atom is 0.411 e. The Bertz CT molecular complexity index is 1280. The summed E-state index contributed by atoms with van der Waals surface area (Å²) in [6.07, 6.45) is 9.71. The van der Waals surface area contributed by atoms with Crippen molar-refractivity contribution in [2.24, 2.45) is 0 Å². The molecule has 0 bridgehead atoms. The Morgan fingerprint density at radius 3 is 2.37 bits per heavy atom. The second kappa shape index (κ2) is 17.2. The van der Waals surface area contributed by atoms with Gasteiger partial charge in [0.05, 0.1) is 10.7 Å². The van der Waals surface area contributed by atoms with Gasteiger partial charge >= 0.3 is 6.09 Å². The molecule has 0 unspecified atom stereocenters. The molecule has 1 aliphatic heterocycles. The molecule has 1 saturated heterocycles. The van der Waals surface area contributed by atoms with Gasteiger partial charge in [-0.15, -0.1) is 0 Å². The fraction of sp³-hybridized carbons (Fsp3) is 0.457. The van der Waals surface area contributed by atoms with Gasteiger partial charge < -0.3 is 19.6 Å². The number of para-hydroxylation sites is 1. The first-order valence-electron chi connectivity index (χ1n) is 15.6. The molecule has 3 aromatic rings. The SMILES string of the molecule is CN(CCCCCCCCCN1CCC(OC(=O)Nc2ccccc2-c2ccccc2)CC1)Cc1cc(F)c(Cl)cc1O. The van der Waals surface area contributed by atoms with Gasteiger partial charge in [0.15, 0.2) is 0 Å². The maximum atomic E-state index is 13.7. The predicted octanol–water partition coefficient (Wildman–Crippen LogP) is 8.73. The van der Waals surface area contributed by atoms with Crippen LogP contribution in [-0.2, 0) is 11.3 Å². The molecule has 0 atom stereocenters. The van der Waals surface area contributed by atoms with E-state index in [1.807, 2.05) is 61.6 Å². The highest BCUT2D eigenvalue weighted by Gasteiger charge is 2.22. The molecule has 0 saturated carbocycles. The summed E-state index contributed by atoms with van der Waals surface area (Å²) in [7, 11) is 1.99. The van der Waals surface area contributed by atoms with Gasteiger partial charge in [0.1, 0.15) is 17.7 Å². The summed E-state index contributed by atoms with van der Waals surface area (Å²) in [5.74, 6) is -0.456. The number of anilines is 1. The third-order valence-corrected chi connectivity index (χ3v) is 8.42. The van der Waals surface area contributed by atoms with E-state index in [1.165, 1.54) is 50.7 Å². The molecular weight excluding hydrogens is 565 g/mol. The number of hydrogen-bond acceptors (Lipinski definition) is 5. The Morgan fingerprint density at radius 2 is 1.63 bits per heavy atom. The van der Waals surface area contributed by atoms with E-state index in [2.05, 4.69) is 15.1 Å². The molecule has 0 spiro atoms. The Kier molecular flexibility index (Phi) is 13.1. The van der Waals surface area contributed by atoms with Gasteiger partial charge in [-0.25, -0.2) is 9.18 Å². The molecule has 0 aliphatic carbocycles. The van der Waals surface area contributed by atoms with Crippen molar-refractivity contribution < 1.29 is 19.0 Å². The van der Waals surface area contributed by atoms with Crippen LogP contribution in [0.5, 0.6) is 5.75 Å². The summed E-state index contributed by atoms with van der Waals surface area (Å²) < 4.78 is 19.5. The van der Waals surface area contributed by atoms with Crippen LogP contribution >= 0.6 is 11.6 Å². The van der Waals surface area contributed by atoms with E-state index in [9.17, 15) is 14.3 Å². The van der Waals surface area contributed by atoms with Crippen molar-refractivity contribution in [2.75, 3.05) is 38.5 Å². The molecule has 0 aromatic heterocycles. The summed E-state index contributed by atoms with van der Waals surface area (Å²) in [4.78, 5) is 17.2. The lowest BCUT2D eigenvalue weighted by atomic mass is 10.0. The highest BCUT2D eigenvalue weighted by Crippen LogP contribution is 2.28. The minimum Gasteiger partial charge on any atom is -0.508 e. The highest BCUT2D eigenvalue weighted by molar-refractivity contribution is 6.30. The zero-order valence-electron chi connectivity index (χ0n) is 25.2. The second-order valence-corrected chi connectivity index (χ2v) is 12.0. The lowest BCUT2D eigenvalue weighted by Gasteiger charge is -2.31. The standard InChI is InChI=1S/C35H45ClFN3O3/c1-39(26-28-24-32(37)31(36)25-34(28)41)20-12-5-3-2-4-6-13-21-40-22-18-29(19-23-40)43-35(42)38-33-17-11-10-16-30(33)27-14-8-7-9-15-27/h7-11,14-17,24-25,29,41H,2-6,12-13,18-23,26H2,1H3,(H,38,42). The summed E-state index contributed by atoms with van der Waals surface area (Å²) in [6.45, 7) is 4.44. The first-order valence-corrected chi connectivity index (χ1v) is 16.0. The van der Waals surface area contributed by atoms with Gasteiger partial charge in [0.2, 0.25) is 0 Å². The van der Waals surface area contributed by atoms with Crippen LogP contribution in [0.15, 0.2) is 66.7 Å². The maximum absolute atomic E-state index is 13.7. The molecule has 2 N–H and O–H groups in total. The number of rotatable bonds is 15. The minimum absolute atomic E-state index is 0.0417. The molecule has 3 aromatic carbocycles. The molecule has 4 rings (SSSR count). The smallest absolute Gasteiger partial charge is 0.411 e. The number of piperidine rings is 1. The molecule has 6 nitrogen and oxygen atoms in total. The normalized spacial score (nSPS) is 14.2. The van der Waals surface area contributed by atoms with Crippen molar-refractivity contribution in [3.8, 4) is 16.9 Å². The first-order chi connectivity index (χ1) is 20.9. The quantitative estimate of drug-likeness (QED) is 0.169. The number of halogens is 2. The van der Waals surface area contributed by atoms with Crippen LogP contribution in [0.25, 0.3) is 11.1 Å². The number of nitrogens with one attached hydrogen (secondary N) is 1. The number of carbonyl (C=O) groups is 1. The van der Waals surface area contributed by atoms with Gasteiger partial charge in [0.25, 0.3) is 0 Å². The number of phenolic OH excluding ortho intramolecular Hbond substituents is 1. The zero-order chi connectivity index (χ0) is 30.4. The molecule has 8 heteroatoms. The number of ether oxygens (including phenoxy) is 1. The number of benzene rings is 3. The van der Waals surface area contributed by atoms with Crippen molar-refractivity contribution in [2.45, 2.75) is 70.4 Å². The number of carbonyl (C=O) groups excluding carboxylic acids is 1. The summed E-state index contributed by atoms with van der Waals surface area (Å²) in [5.41, 5.74) is 3.36.